The molecule has 1 aromatic carbocycles. The van der Waals surface area contributed by atoms with Crippen LogP contribution in [0.25, 0.3) is 0 Å². The van der Waals surface area contributed by atoms with Crippen molar-refractivity contribution in [3.63, 3.8) is 0 Å². The van der Waals surface area contributed by atoms with Crippen LogP contribution in [0.3, 0.4) is 0 Å². The van der Waals surface area contributed by atoms with Crippen LogP contribution in [0.15, 0.2) is 18.2 Å². The lowest BCUT2D eigenvalue weighted by molar-refractivity contribution is -0.387. The van der Waals surface area contributed by atoms with Gasteiger partial charge in [-0.3, -0.25) is 10.1 Å². The Balaban J connectivity index is 2.11. The first kappa shape index (κ1) is 12.8. The fraction of sp³-hybridized carbons (Fsp3) is 0.500. The molecule has 1 heterocycles. The molecule has 0 saturated carbocycles. The maximum absolute atomic E-state index is 13.2. The number of hydrogen-bond acceptors (Lipinski definition) is 4. The molecule has 5 nitrogen and oxygen atoms in total. The molecule has 2 unspecified atom stereocenters. The maximum Gasteiger partial charge on any atom is 0.306 e. The smallest absolute Gasteiger partial charge is 0.306 e. The van der Waals surface area contributed by atoms with Gasteiger partial charge in [-0.05, 0) is 32.5 Å². The summed E-state index contributed by atoms with van der Waals surface area (Å²) in [5, 5.41) is 13.9. The van der Waals surface area contributed by atoms with Gasteiger partial charge in [-0.2, -0.15) is 4.39 Å². The fourth-order valence-corrected chi connectivity index (χ4v) is 2.28. The number of likely N-dealkylation sites (N-methyl/N-ethyl adjacent to an activating group) is 1. The molecular formula is C12H16FN3O2. The van der Waals surface area contributed by atoms with Crippen LogP contribution in [0.5, 0.6) is 0 Å². The highest BCUT2D eigenvalue weighted by Gasteiger charge is 2.26. The summed E-state index contributed by atoms with van der Waals surface area (Å²) in [5.41, 5.74) is 0.106. The second-order valence-electron chi connectivity index (χ2n) is 4.79. The van der Waals surface area contributed by atoms with E-state index in [-0.39, 0.29) is 6.04 Å². The third-order valence-electron chi connectivity index (χ3n) is 3.40. The second-order valence-corrected chi connectivity index (χ2v) is 4.79. The highest BCUT2D eigenvalue weighted by Crippen LogP contribution is 2.24. The first-order chi connectivity index (χ1) is 8.47. The normalized spacial score (nSPS) is 24.2. The quantitative estimate of drug-likeness (QED) is 0.663. The van der Waals surface area contributed by atoms with Gasteiger partial charge in [0.25, 0.3) is 0 Å². The number of nitro groups is 1. The minimum atomic E-state index is -0.803. The van der Waals surface area contributed by atoms with E-state index in [1.807, 2.05) is 7.05 Å². The van der Waals surface area contributed by atoms with E-state index in [9.17, 15) is 14.5 Å². The first-order valence-corrected chi connectivity index (χ1v) is 5.88. The number of nitrogens with one attached hydrogen (secondary N) is 1. The van der Waals surface area contributed by atoms with Crippen LogP contribution in [0.2, 0.25) is 0 Å². The predicted molar refractivity (Wildman–Crippen MR) is 67.2 cm³/mol. The number of rotatable bonds is 3. The molecule has 2 atom stereocenters. The molecule has 18 heavy (non-hydrogen) atoms. The molecule has 1 fully saturated rings. The van der Waals surface area contributed by atoms with Crippen LogP contribution in [0.4, 0.5) is 15.8 Å². The number of hydrogen-bond donors (Lipinski definition) is 1. The van der Waals surface area contributed by atoms with E-state index < -0.39 is 16.4 Å². The van der Waals surface area contributed by atoms with E-state index in [2.05, 4.69) is 17.1 Å². The monoisotopic (exact) mass is 253 g/mol. The Morgan fingerprint density at radius 1 is 1.56 bits per heavy atom. The van der Waals surface area contributed by atoms with Crippen LogP contribution < -0.4 is 5.32 Å². The lowest BCUT2D eigenvalue weighted by Gasteiger charge is -2.14. The number of likely N-dealkylation sites (tertiary alicyclic amines) is 1. The van der Waals surface area contributed by atoms with Crippen molar-refractivity contribution in [1.29, 1.82) is 0 Å². The molecule has 98 valence electrons. The number of benzene rings is 1. The van der Waals surface area contributed by atoms with E-state index in [1.54, 1.807) is 0 Å². The molecule has 6 heteroatoms. The Morgan fingerprint density at radius 2 is 2.28 bits per heavy atom. The summed E-state index contributed by atoms with van der Waals surface area (Å²) in [5.74, 6) is -0.803. The number of halogens is 1. The summed E-state index contributed by atoms with van der Waals surface area (Å²) in [6, 6.07) is 4.64. The molecule has 0 aliphatic carbocycles. The Morgan fingerprint density at radius 3 is 2.83 bits per heavy atom. The predicted octanol–water partition coefficient (Wildman–Crippen LogP) is 2.24. The third-order valence-corrected chi connectivity index (χ3v) is 3.40. The van der Waals surface area contributed by atoms with E-state index >= 15 is 0 Å². The van der Waals surface area contributed by atoms with E-state index in [4.69, 9.17) is 0 Å². The minimum Gasteiger partial charge on any atom is -0.381 e. The number of nitrogens with zero attached hydrogens (tertiary/aromatic N) is 2. The van der Waals surface area contributed by atoms with Gasteiger partial charge in [0.1, 0.15) is 0 Å². The van der Waals surface area contributed by atoms with Crippen molar-refractivity contribution in [3.8, 4) is 0 Å². The number of nitro benzene ring substituents is 1. The number of anilines is 1. The molecule has 2 rings (SSSR count). The standard InChI is InChI=1S/C12H16FN3O2/c1-8-5-10(7-15(8)2)14-9-3-4-11(13)12(6-9)16(17)18/h3-4,6,8,10,14H,5,7H2,1-2H3. The van der Waals surface area contributed by atoms with E-state index in [1.165, 1.54) is 12.1 Å². The summed E-state index contributed by atoms with van der Waals surface area (Å²) in [7, 11) is 2.04. The minimum absolute atomic E-state index is 0.245. The van der Waals surface area contributed by atoms with Crippen LogP contribution in [-0.4, -0.2) is 35.5 Å². The average Bonchev–Trinajstić information content (AvgIpc) is 2.60. The van der Waals surface area contributed by atoms with E-state index in [0.717, 1.165) is 19.0 Å². The maximum atomic E-state index is 13.2. The summed E-state index contributed by atoms with van der Waals surface area (Å²) in [4.78, 5) is 12.2. The van der Waals surface area contributed by atoms with Gasteiger partial charge in [-0.15, -0.1) is 0 Å². The second kappa shape index (κ2) is 4.89. The topological polar surface area (TPSA) is 58.4 Å². The molecule has 1 aliphatic heterocycles. The first-order valence-electron chi connectivity index (χ1n) is 5.88. The zero-order valence-electron chi connectivity index (χ0n) is 10.4. The SMILES string of the molecule is CC1CC(Nc2ccc(F)c([N+](=O)[O-])c2)CN1C. The Kier molecular flexibility index (Phi) is 3.47. The lowest BCUT2D eigenvalue weighted by Crippen LogP contribution is -2.24. The lowest BCUT2D eigenvalue weighted by atomic mass is 10.2. The molecule has 1 aliphatic rings. The van der Waals surface area contributed by atoms with Crippen molar-refractivity contribution in [2.45, 2.75) is 25.4 Å². The molecule has 0 bridgehead atoms. The molecule has 1 aromatic rings. The Hall–Kier alpha value is -1.69. The molecule has 1 N–H and O–H groups in total. The molecule has 0 amide bonds. The summed E-state index contributed by atoms with van der Waals surface area (Å²) in [6.45, 7) is 3.02. The molecular weight excluding hydrogens is 237 g/mol. The zero-order chi connectivity index (χ0) is 13.3. The summed E-state index contributed by atoms with van der Waals surface area (Å²) < 4.78 is 13.2. The van der Waals surface area contributed by atoms with Gasteiger partial charge in [0, 0.05) is 30.4 Å². The van der Waals surface area contributed by atoms with Crippen molar-refractivity contribution in [2.75, 3.05) is 18.9 Å². The van der Waals surface area contributed by atoms with Crippen molar-refractivity contribution in [3.05, 3.63) is 34.1 Å². The van der Waals surface area contributed by atoms with Crippen molar-refractivity contribution in [1.82, 2.24) is 4.90 Å². The van der Waals surface area contributed by atoms with Crippen LogP contribution in [0.1, 0.15) is 13.3 Å². The van der Waals surface area contributed by atoms with Crippen LogP contribution in [0, 0.1) is 15.9 Å². The zero-order valence-corrected chi connectivity index (χ0v) is 10.4. The van der Waals surface area contributed by atoms with Crippen molar-refractivity contribution >= 4 is 11.4 Å². The van der Waals surface area contributed by atoms with E-state index in [0.29, 0.717) is 11.7 Å². The van der Waals surface area contributed by atoms with Gasteiger partial charge in [-0.1, -0.05) is 0 Å². The van der Waals surface area contributed by atoms with Crippen LogP contribution >= 0.6 is 0 Å². The Labute approximate surface area is 105 Å². The Bertz CT molecular complexity index is 457. The van der Waals surface area contributed by atoms with Gasteiger partial charge in [-0.25, -0.2) is 0 Å². The fourth-order valence-electron chi connectivity index (χ4n) is 2.28. The third kappa shape index (κ3) is 2.59. The van der Waals surface area contributed by atoms with Gasteiger partial charge >= 0.3 is 5.69 Å². The highest BCUT2D eigenvalue weighted by atomic mass is 19.1. The van der Waals surface area contributed by atoms with Gasteiger partial charge in [0.05, 0.1) is 4.92 Å². The van der Waals surface area contributed by atoms with Crippen molar-refractivity contribution in [2.24, 2.45) is 0 Å². The van der Waals surface area contributed by atoms with Crippen LogP contribution in [-0.2, 0) is 0 Å². The van der Waals surface area contributed by atoms with Crippen molar-refractivity contribution < 1.29 is 9.31 Å². The summed E-state index contributed by atoms with van der Waals surface area (Å²) >= 11 is 0. The van der Waals surface area contributed by atoms with Gasteiger partial charge in [0.2, 0.25) is 5.82 Å². The molecule has 0 aromatic heterocycles. The molecule has 0 radical (unpaired) electrons. The van der Waals surface area contributed by atoms with Gasteiger partial charge in [0.15, 0.2) is 0 Å². The summed E-state index contributed by atoms with van der Waals surface area (Å²) in [6.07, 6.45) is 0.974. The highest BCUT2D eigenvalue weighted by molar-refractivity contribution is 5.52. The van der Waals surface area contributed by atoms with Gasteiger partial charge < -0.3 is 10.2 Å². The molecule has 0 spiro atoms. The average molecular weight is 253 g/mol. The largest absolute Gasteiger partial charge is 0.381 e. The molecule has 1 saturated heterocycles.